The SMILES string of the molecule is CCC(C)(C)N(C(=O)C(CO)NC(=O)OC(C)(C)C)C(C(=O)NCC(=O)OC)c1cc(C)ccc1C. The predicted octanol–water partition coefficient (Wildman–Crippen LogP) is 2.54. The third-order valence-corrected chi connectivity index (χ3v) is 5.80. The Balaban J connectivity index is 3.62. The number of carbonyl (C=O) groups excluding carboxylic acids is 4. The molecule has 0 aliphatic rings. The van der Waals surface area contributed by atoms with Crippen molar-refractivity contribution in [2.24, 2.45) is 0 Å². The first-order valence-corrected chi connectivity index (χ1v) is 11.9. The summed E-state index contributed by atoms with van der Waals surface area (Å²) in [4.78, 5) is 53.0. The zero-order valence-corrected chi connectivity index (χ0v) is 22.9. The summed E-state index contributed by atoms with van der Waals surface area (Å²) in [5.74, 6) is -1.91. The Bertz CT molecular complexity index is 953. The van der Waals surface area contributed by atoms with Crippen molar-refractivity contribution < 1.29 is 33.8 Å². The molecule has 1 aromatic carbocycles. The Morgan fingerprint density at radius 3 is 2.19 bits per heavy atom. The average molecular weight is 508 g/mol. The van der Waals surface area contributed by atoms with E-state index in [-0.39, 0.29) is 6.54 Å². The Morgan fingerprint density at radius 1 is 1.08 bits per heavy atom. The van der Waals surface area contributed by atoms with Gasteiger partial charge in [-0.3, -0.25) is 14.4 Å². The maximum atomic E-state index is 13.9. The van der Waals surface area contributed by atoms with Crippen molar-refractivity contribution in [3.05, 3.63) is 34.9 Å². The number of nitrogens with zero attached hydrogens (tertiary/aromatic N) is 1. The first-order chi connectivity index (χ1) is 16.6. The number of hydrogen-bond acceptors (Lipinski definition) is 7. The number of esters is 1. The van der Waals surface area contributed by atoms with Gasteiger partial charge in [0.05, 0.1) is 13.7 Å². The van der Waals surface area contributed by atoms with Crippen LogP contribution >= 0.6 is 0 Å². The molecule has 0 aliphatic heterocycles. The van der Waals surface area contributed by atoms with Gasteiger partial charge in [0.2, 0.25) is 11.8 Å². The number of amides is 3. The van der Waals surface area contributed by atoms with Gasteiger partial charge in [-0.05, 0) is 66.0 Å². The van der Waals surface area contributed by atoms with Gasteiger partial charge in [-0.2, -0.15) is 0 Å². The first-order valence-electron chi connectivity index (χ1n) is 11.9. The van der Waals surface area contributed by atoms with E-state index in [1.807, 2.05) is 32.9 Å². The molecule has 0 radical (unpaired) electrons. The molecule has 2 atom stereocenters. The summed E-state index contributed by atoms with van der Waals surface area (Å²) in [6.07, 6.45) is -0.419. The van der Waals surface area contributed by atoms with Crippen molar-refractivity contribution in [3.63, 3.8) is 0 Å². The second-order valence-electron chi connectivity index (χ2n) is 10.3. The number of carbonyl (C=O) groups is 4. The number of aliphatic hydroxyl groups excluding tert-OH is 1. The fourth-order valence-electron chi connectivity index (χ4n) is 3.53. The van der Waals surface area contributed by atoms with Gasteiger partial charge in [-0.25, -0.2) is 4.79 Å². The van der Waals surface area contributed by atoms with E-state index >= 15 is 0 Å². The summed E-state index contributed by atoms with van der Waals surface area (Å²) in [5, 5.41) is 15.0. The summed E-state index contributed by atoms with van der Waals surface area (Å²) in [6.45, 7) is 13.1. The molecule has 3 amide bonds. The van der Waals surface area contributed by atoms with E-state index in [1.54, 1.807) is 40.7 Å². The monoisotopic (exact) mass is 507 g/mol. The lowest BCUT2D eigenvalue weighted by molar-refractivity contribution is -0.150. The molecule has 36 heavy (non-hydrogen) atoms. The Labute approximate surface area is 213 Å². The molecule has 0 heterocycles. The molecule has 0 bridgehead atoms. The molecule has 3 N–H and O–H groups in total. The number of benzene rings is 1. The van der Waals surface area contributed by atoms with Crippen LogP contribution in [0.2, 0.25) is 0 Å². The van der Waals surface area contributed by atoms with Gasteiger partial charge in [-0.15, -0.1) is 0 Å². The van der Waals surface area contributed by atoms with Gasteiger partial charge in [-0.1, -0.05) is 30.7 Å². The van der Waals surface area contributed by atoms with E-state index in [0.29, 0.717) is 12.0 Å². The molecule has 0 aliphatic carbocycles. The molecule has 1 rings (SSSR count). The first kappa shape index (κ1) is 30.9. The molecule has 0 saturated heterocycles. The molecule has 10 heteroatoms. The number of alkyl carbamates (subject to hydrolysis) is 1. The average Bonchev–Trinajstić information content (AvgIpc) is 2.79. The van der Waals surface area contributed by atoms with Gasteiger partial charge in [0, 0.05) is 5.54 Å². The smallest absolute Gasteiger partial charge is 0.408 e. The third kappa shape index (κ3) is 8.51. The molecule has 2 unspecified atom stereocenters. The quantitative estimate of drug-likeness (QED) is 0.414. The molecule has 1 aromatic rings. The largest absolute Gasteiger partial charge is 0.468 e. The highest BCUT2D eigenvalue weighted by atomic mass is 16.6. The van der Waals surface area contributed by atoms with E-state index < -0.39 is 53.7 Å². The van der Waals surface area contributed by atoms with Gasteiger partial charge in [0.1, 0.15) is 24.2 Å². The van der Waals surface area contributed by atoms with Gasteiger partial charge in [0.15, 0.2) is 0 Å². The molecule has 0 fully saturated rings. The van der Waals surface area contributed by atoms with E-state index in [0.717, 1.165) is 11.1 Å². The van der Waals surface area contributed by atoms with Crippen LogP contribution in [0.3, 0.4) is 0 Å². The lowest BCUT2D eigenvalue weighted by atomic mass is 9.90. The van der Waals surface area contributed by atoms with Crippen LogP contribution in [-0.2, 0) is 23.9 Å². The van der Waals surface area contributed by atoms with Crippen LogP contribution in [-0.4, -0.2) is 71.3 Å². The van der Waals surface area contributed by atoms with Crippen LogP contribution < -0.4 is 10.6 Å². The van der Waals surface area contributed by atoms with Gasteiger partial charge < -0.3 is 30.1 Å². The summed E-state index contributed by atoms with van der Waals surface area (Å²) in [7, 11) is 1.21. The summed E-state index contributed by atoms with van der Waals surface area (Å²) in [6, 6.07) is 3.01. The Morgan fingerprint density at radius 2 is 1.69 bits per heavy atom. The summed E-state index contributed by atoms with van der Waals surface area (Å²) < 4.78 is 9.89. The minimum Gasteiger partial charge on any atom is -0.468 e. The van der Waals surface area contributed by atoms with Crippen molar-refractivity contribution in [1.29, 1.82) is 0 Å². The van der Waals surface area contributed by atoms with Crippen LogP contribution in [0.4, 0.5) is 4.79 Å². The van der Waals surface area contributed by atoms with Crippen molar-refractivity contribution in [2.75, 3.05) is 20.3 Å². The number of methoxy groups -OCH3 is 1. The van der Waals surface area contributed by atoms with Crippen molar-refractivity contribution in [3.8, 4) is 0 Å². The standard InChI is InChI=1S/C26H41N3O7/c1-10-26(7,8)29(23(33)19(15-30)28-24(34)36-25(4,5)6)21(22(32)27-14-20(31)35-9)18-13-16(2)11-12-17(18)3/h11-13,19,21,30H,10,14-15H2,1-9H3,(H,27,32)(H,28,34). The molecular weight excluding hydrogens is 466 g/mol. The number of nitrogens with one attached hydrogen (secondary N) is 2. The lowest BCUT2D eigenvalue weighted by Gasteiger charge is -2.44. The summed E-state index contributed by atoms with van der Waals surface area (Å²) in [5.41, 5.74) is 0.479. The topological polar surface area (TPSA) is 134 Å². The van der Waals surface area contributed by atoms with Crippen LogP contribution in [0.15, 0.2) is 18.2 Å². The van der Waals surface area contributed by atoms with E-state index in [9.17, 15) is 24.3 Å². The van der Waals surface area contributed by atoms with Gasteiger partial charge in [0.25, 0.3) is 0 Å². The maximum Gasteiger partial charge on any atom is 0.408 e. The molecule has 202 valence electrons. The second kappa shape index (κ2) is 12.7. The minimum absolute atomic E-state index is 0.384. The number of ether oxygens (including phenoxy) is 2. The molecule has 0 spiro atoms. The fraction of sp³-hybridized carbons (Fsp3) is 0.615. The van der Waals surface area contributed by atoms with E-state index in [4.69, 9.17) is 4.74 Å². The van der Waals surface area contributed by atoms with Crippen molar-refractivity contribution in [2.45, 2.75) is 85.0 Å². The van der Waals surface area contributed by atoms with Crippen molar-refractivity contribution in [1.82, 2.24) is 15.5 Å². The fourth-order valence-corrected chi connectivity index (χ4v) is 3.53. The number of aryl methyl sites for hydroxylation is 2. The normalized spacial score (nSPS) is 13.3. The highest BCUT2D eigenvalue weighted by Crippen LogP contribution is 2.34. The van der Waals surface area contributed by atoms with Gasteiger partial charge >= 0.3 is 12.1 Å². The highest BCUT2D eigenvalue weighted by molar-refractivity contribution is 5.94. The van der Waals surface area contributed by atoms with Crippen LogP contribution in [0.25, 0.3) is 0 Å². The number of hydrogen-bond donors (Lipinski definition) is 3. The third-order valence-electron chi connectivity index (χ3n) is 5.80. The summed E-state index contributed by atoms with van der Waals surface area (Å²) >= 11 is 0. The zero-order chi connectivity index (χ0) is 27.8. The Hall–Kier alpha value is -3.14. The second-order valence-corrected chi connectivity index (χ2v) is 10.3. The van der Waals surface area contributed by atoms with Crippen LogP contribution in [0.1, 0.15) is 70.7 Å². The highest BCUT2D eigenvalue weighted by Gasteiger charge is 2.43. The number of aliphatic hydroxyl groups is 1. The maximum absolute atomic E-state index is 13.9. The molecular formula is C26H41N3O7. The van der Waals surface area contributed by atoms with E-state index in [2.05, 4.69) is 15.4 Å². The van der Waals surface area contributed by atoms with Crippen LogP contribution in [0, 0.1) is 13.8 Å². The zero-order valence-electron chi connectivity index (χ0n) is 22.9. The number of rotatable bonds is 10. The molecule has 0 saturated carbocycles. The van der Waals surface area contributed by atoms with Crippen LogP contribution in [0.5, 0.6) is 0 Å². The minimum atomic E-state index is -1.37. The van der Waals surface area contributed by atoms with E-state index in [1.165, 1.54) is 12.0 Å². The Kier molecular flexibility index (Phi) is 10.9. The predicted molar refractivity (Wildman–Crippen MR) is 135 cm³/mol. The molecule has 10 nitrogen and oxygen atoms in total. The molecule has 0 aromatic heterocycles. The van der Waals surface area contributed by atoms with Crippen molar-refractivity contribution >= 4 is 23.9 Å². The lowest BCUT2D eigenvalue weighted by Crippen LogP contribution is -2.60.